The average Bonchev–Trinajstić information content (AvgIpc) is 3.05. The molecule has 1 fully saturated rings. The van der Waals surface area contributed by atoms with E-state index < -0.39 is 0 Å². The monoisotopic (exact) mass is 474 g/mol. The van der Waals surface area contributed by atoms with E-state index in [0.29, 0.717) is 12.5 Å². The van der Waals surface area contributed by atoms with E-state index >= 15 is 0 Å². The third-order valence-electron chi connectivity index (χ3n) is 4.55. The third-order valence-corrected chi connectivity index (χ3v) is 4.55. The number of nitrogens with one attached hydrogen (secondary N) is 2. The fourth-order valence-corrected chi connectivity index (χ4v) is 3.13. The van der Waals surface area contributed by atoms with Crippen LogP contribution in [-0.4, -0.2) is 56.2 Å². The lowest BCUT2D eigenvalue weighted by molar-refractivity contribution is 0.230. The van der Waals surface area contributed by atoms with Crippen molar-refractivity contribution in [1.82, 2.24) is 15.5 Å². The van der Waals surface area contributed by atoms with Crippen LogP contribution in [0.1, 0.15) is 32.8 Å². The van der Waals surface area contributed by atoms with Gasteiger partial charge in [-0.15, -0.1) is 24.0 Å². The zero-order valence-electron chi connectivity index (χ0n) is 16.6. The van der Waals surface area contributed by atoms with Crippen molar-refractivity contribution in [2.45, 2.75) is 40.2 Å². The summed E-state index contributed by atoms with van der Waals surface area (Å²) in [4.78, 5) is 7.20. The first-order chi connectivity index (χ1) is 12.1. The predicted octanol–water partition coefficient (Wildman–Crippen LogP) is 3.28. The van der Waals surface area contributed by atoms with Crippen molar-refractivity contribution in [2.24, 2.45) is 10.9 Å². The summed E-state index contributed by atoms with van der Waals surface area (Å²) >= 11 is 0. The van der Waals surface area contributed by atoms with E-state index in [-0.39, 0.29) is 30.1 Å². The van der Waals surface area contributed by atoms with Crippen LogP contribution in [0.25, 0.3) is 0 Å². The van der Waals surface area contributed by atoms with E-state index in [1.807, 2.05) is 12.1 Å². The van der Waals surface area contributed by atoms with Crippen LogP contribution >= 0.6 is 24.0 Å². The number of ether oxygens (including phenoxy) is 1. The van der Waals surface area contributed by atoms with Gasteiger partial charge in [-0.2, -0.15) is 0 Å². The minimum absolute atomic E-state index is 0. The van der Waals surface area contributed by atoms with Crippen LogP contribution in [-0.2, 0) is 0 Å². The van der Waals surface area contributed by atoms with E-state index in [0.717, 1.165) is 31.3 Å². The molecule has 1 aromatic rings. The molecule has 1 saturated heterocycles. The molecule has 26 heavy (non-hydrogen) atoms. The second-order valence-corrected chi connectivity index (χ2v) is 6.89. The van der Waals surface area contributed by atoms with Gasteiger partial charge in [-0.05, 0) is 63.9 Å². The highest BCUT2D eigenvalue weighted by Gasteiger charge is 2.21. The number of aryl methyl sites for hydroxylation is 1. The van der Waals surface area contributed by atoms with Crippen molar-refractivity contribution < 1.29 is 4.74 Å². The first-order valence-corrected chi connectivity index (χ1v) is 9.58. The largest absolute Gasteiger partial charge is 0.489 e. The normalized spacial score (nSPS) is 18.9. The highest BCUT2D eigenvalue weighted by atomic mass is 127. The topological polar surface area (TPSA) is 48.9 Å². The molecule has 1 heterocycles. The van der Waals surface area contributed by atoms with Gasteiger partial charge in [-0.25, -0.2) is 4.99 Å². The lowest BCUT2D eigenvalue weighted by Crippen LogP contribution is -2.41. The molecule has 1 aromatic carbocycles. The quantitative estimate of drug-likeness (QED) is 0.345. The van der Waals surface area contributed by atoms with Gasteiger partial charge < -0.3 is 20.3 Å². The standard InChI is InChI=1S/C20H34N4O.HI/c1-5-21-20(23-14-18-10-11-24(6-2)15-18)22-13-17(4)25-19-9-7-8-16(3)12-19;/h7-9,12,17-18H,5-6,10-11,13-15H2,1-4H3,(H2,21,22,23);1H. The van der Waals surface area contributed by atoms with Crippen molar-refractivity contribution in [1.29, 1.82) is 0 Å². The second kappa shape index (κ2) is 12.4. The van der Waals surface area contributed by atoms with Crippen molar-refractivity contribution in [2.75, 3.05) is 39.3 Å². The zero-order valence-corrected chi connectivity index (χ0v) is 19.0. The van der Waals surface area contributed by atoms with Gasteiger partial charge in [0.2, 0.25) is 0 Å². The molecule has 1 aliphatic heterocycles. The summed E-state index contributed by atoms with van der Waals surface area (Å²) < 4.78 is 5.96. The van der Waals surface area contributed by atoms with Crippen molar-refractivity contribution >= 4 is 29.9 Å². The van der Waals surface area contributed by atoms with E-state index in [9.17, 15) is 0 Å². The molecule has 0 aromatic heterocycles. The molecule has 0 bridgehead atoms. The maximum atomic E-state index is 5.96. The molecule has 1 aliphatic rings. The SMILES string of the molecule is CCNC(=NCC(C)Oc1cccc(C)c1)NCC1CCN(CC)C1.I. The van der Waals surface area contributed by atoms with Crippen LogP contribution in [0.5, 0.6) is 5.75 Å². The number of aliphatic imine (C=N–C) groups is 1. The maximum absolute atomic E-state index is 5.96. The molecule has 148 valence electrons. The maximum Gasteiger partial charge on any atom is 0.191 e. The van der Waals surface area contributed by atoms with Gasteiger partial charge in [0.1, 0.15) is 11.9 Å². The summed E-state index contributed by atoms with van der Waals surface area (Å²) in [6.45, 7) is 14.5. The van der Waals surface area contributed by atoms with Crippen LogP contribution < -0.4 is 15.4 Å². The molecule has 2 atom stereocenters. The Morgan fingerprint density at radius 3 is 2.81 bits per heavy atom. The Morgan fingerprint density at radius 1 is 1.35 bits per heavy atom. The van der Waals surface area contributed by atoms with Crippen molar-refractivity contribution in [3.63, 3.8) is 0 Å². The summed E-state index contributed by atoms with van der Waals surface area (Å²) in [6, 6.07) is 8.15. The fraction of sp³-hybridized carbons (Fsp3) is 0.650. The molecule has 5 nitrogen and oxygen atoms in total. The smallest absolute Gasteiger partial charge is 0.191 e. The predicted molar refractivity (Wildman–Crippen MR) is 121 cm³/mol. The van der Waals surface area contributed by atoms with Gasteiger partial charge in [0.05, 0.1) is 6.54 Å². The Bertz CT molecular complexity index is 552. The van der Waals surface area contributed by atoms with E-state index in [1.54, 1.807) is 0 Å². The Balaban J connectivity index is 0.00000338. The summed E-state index contributed by atoms with van der Waals surface area (Å²) in [5.41, 5.74) is 1.21. The molecular weight excluding hydrogens is 439 g/mol. The molecule has 6 heteroatoms. The van der Waals surface area contributed by atoms with Crippen LogP contribution in [0.3, 0.4) is 0 Å². The van der Waals surface area contributed by atoms with Gasteiger partial charge >= 0.3 is 0 Å². The summed E-state index contributed by atoms with van der Waals surface area (Å²) in [5, 5.41) is 6.82. The summed E-state index contributed by atoms with van der Waals surface area (Å²) in [6.07, 6.45) is 1.31. The van der Waals surface area contributed by atoms with Gasteiger partial charge in [0.25, 0.3) is 0 Å². The first kappa shape index (κ1) is 23.0. The van der Waals surface area contributed by atoms with Crippen LogP contribution in [0.2, 0.25) is 0 Å². The Morgan fingerprint density at radius 2 is 2.15 bits per heavy atom. The first-order valence-electron chi connectivity index (χ1n) is 9.58. The fourth-order valence-electron chi connectivity index (χ4n) is 3.13. The Hall–Kier alpha value is -1.02. The Labute approximate surface area is 176 Å². The average molecular weight is 474 g/mol. The van der Waals surface area contributed by atoms with Crippen LogP contribution in [0.15, 0.2) is 29.3 Å². The zero-order chi connectivity index (χ0) is 18.1. The number of hydrogen-bond donors (Lipinski definition) is 2. The molecular formula is C20H35IN4O. The lowest BCUT2D eigenvalue weighted by Gasteiger charge is -2.17. The number of likely N-dealkylation sites (tertiary alicyclic amines) is 1. The molecule has 0 spiro atoms. The molecule has 0 aliphatic carbocycles. The highest BCUT2D eigenvalue weighted by Crippen LogP contribution is 2.15. The molecule has 2 unspecified atom stereocenters. The minimum atomic E-state index is 0. The van der Waals surface area contributed by atoms with Crippen LogP contribution in [0, 0.1) is 12.8 Å². The number of nitrogens with zero attached hydrogens (tertiary/aromatic N) is 2. The number of rotatable bonds is 8. The van der Waals surface area contributed by atoms with E-state index in [4.69, 9.17) is 4.74 Å². The Kier molecular flexibility index (Phi) is 11.0. The molecule has 2 rings (SSSR count). The van der Waals surface area contributed by atoms with Gasteiger partial charge in [-0.1, -0.05) is 19.1 Å². The number of hydrogen-bond acceptors (Lipinski definition) is 3. The number of halogens is 1. The van der Waals surface area contributed by atoms with Crippen LogP contribution in [0.4, 0.5) is 0 Å². The van der Waals surface area contributed by atoms with E-state index in [2.05, 4.69) is 60.4 Å². The lowest BCUT2D eigenvalue weighted by atomic mass is 10.1. The minimum Gasteiger partial charge on any atom is -0.489 e. The highest BCUT2D eigenvalue weighted by molar-refractivity contribution is 14.0. The van der Waals surface area contributed by atoms with E-state index in [1.165, 1.54) is 25.1 Å². The molecule has 2 N–H and O–H groups in total. The second-order valence-electron chi connectivity index (χ2n) is 6.89. The number of guanidine groups is 1. The number of benzene rings is 1. The molecule has 0 radical (unpaired) electrons. The summed E-state index contributed by atoms with van der Waals surface area (Å²) in [7, 11) is 0. The van der Waals surface area contributed by atoms with Crippen molar-refractivity contribution in [3.05, 3.63) is 29.8 Å². The van der Waals surface area contributed by atoms with Gasteiger partial charge in [0, 0.05) is 19.6 Å². The summed E-state index contributed by atoms with van der Waals surface area (Å²) in [5.74, 6) is 2.51. The third kappa shape index (κ3) is 8.12. The molecule has 0 saturated carbocycles. The van der Waals surface area contributed by atoms with Crippen molar-refractivity contribution in [3.8, 4) is 5.75 Å². The van der Waals surface area contributed by atoms with Gasteiger partial charge in [0.15, 0.2) is 5.96 Å². The van der Waals surface area contributed by atoms with Gasteiger partial charge in [-0.3, -0.25) is 0 Å². The molecule has 0 amide bonds.